The molecular weight excluding hydrogens is 336 g/mol. The molecule has 0 aliphatic carbocycles. The van der Waals surface area contributed by atoms with Crippen molar-refractivity contribution >= 4 is 23.2 Å². The molecule has 1 aromatic heterocycles. The number of hydrogen-bond donors (Lipinski definition) is 0. The van der Waals surface area contributed by atoms with Gasteiger partial charge in [0.25, 0.3) is 5.91 Å². The highest BCUT2D eigenvalue weighted by atomic mass is 16.2. The van der Waals surface area contributed by atoms with Crippen molar-refractivity contribution in [1.29, 1.82) is 0 Å². The first kappa shape index (κ1) is 16.0. The van der Waals surface area contributed by atoms with E-state index in [1.54, 1.807) is 12.3 Å². The van der Waals surface area contributed by atoms with Gasteiger partial charge in [0.15, 0.2) is 0 Å². The molecule has 0 saturated carbocycles. The van der Waals surface area contributed by atoms with Crippen molar-refractivity contribution in [3.8, 4) is 0 Å². The fraction of sp³-hybridized carbons (Fsp3) is 0.227. The highest BCUT2D eigenvalue weighted by molar-refractivity contribution is 6.06. The van der Waals surface area contributed by atoms with Gasteiger partial charge in [-0.2, -0.15) is 0 Å². The molecule has 0 bridgehead atoms. The molecule has 0 fully saturated rings. The summed E-state index contributed by atoms with van der Waals surface area (Å²) >= 11 is 0. The van der Waals surface area contributed by atoms with Crippen molar-refractivity contribution in [1.82, 2.24) is 9.97 Å². The van der Waals surface area contributed by atoms with Crippen LogP contribution >= 0.6 is 0 Å². The number of amides is 1. The molecule has 1 atom stereocenters. The predicted octanol–water partition coefficient (Wildman–Crippen LogP) is 3.76. The normalized spacial score (nSPS) is 17.7. The van der Waals surface area contributed by atoms with Crippen LogP contribution in [0.4, 0.5) is 17.3 Å². The van der Waals surface area contributed by atoms with E-state index in [4.69, 9.17) is 0 Å². The van der Waals surface area contributed by atoms with Gasteiger partial charge in [-0.3, -0.25) is 4.79 Å². The summed E-state index contributed by atoms with van der Waals surface area (Å²) in [6.07, 6.45) is 3.52. The number of rotatable bonds is 2. The Morgan fingerprint density at radius 3 is 2.59 bits per heavy atom. The van der Waals surface area contributed by atoms with E-state index < -0.39 is 0 Å². The highest BCUT2D eigenvalue weighted by Gasteiger charge is 2.32. The van der Waals surface area contributed by atoms with E-state index in [2.05, 4.69) is 46.1 Å². The first-order chi connectivity index (χ1) is 13.2. The molecule has 2 aliphatic rings. The van der Waals surface area contributed by atoms with Gasteiger partial charge in [0.2, 0.25) is 5.95 Å². The van der Waals surface area contributed by atoms with Gasteiger partial charge in [-0.1, -0.05) is 36.4 Å². The van der Waals surface area contributed by atoms with E-state index in [-0.39, 0.29) is 11.9 Å². The lowest BCUT2D eigenvalue weighted by molar-refractivity contribution is 0.0976. The largest absolute Gasteiger partial charge is 0.310 e. The Labute approximate surface area is 158 Å². The zero-order chi connectivity index (χ0) is 18.4. The third kappa shape index (κ3) is 2.58. The van der Waals surface area contributed by atoms with Crippen molar-refractivity contribution in [3.63, 3.8) is 0 Å². The maximum atomic E-state index is 13.2. The van der Waals surface area contributed by atoms with Gasteiger partial charge >= 0.3 is 0 Å². The summed E-state index contributed by atoms with van der Waals surface area (Å²) in [6.45, 7) is 2.91. The second-order valence-electron chi connectivity index (χ2n) is 7.13. The van der Waals surface area contributed by atoms with Crippen LogP contribution in [0, 0.1) is 0 Å². The summed E-state index contributed by atoms with van der Waals surface area (Å²) in [5.74, 6) is 0.523. The fourth-order valence-corrected chi connectivity index (χ4v) is 4.14. The molecule has 0 saturated heterocycles. The van der Waals surface area contributed by atoms with Crippen molar-refractivity contribution in [2.45, 2.75) is 25.8 Å². The number of carbonyl (C=O) groups is 1. The maximum absolute atomic E-state index is 13.2. The van der Waals surface area contributed by atoms with E-state index in [1.165, 1.54) is 11.1 Å². The lowest BCUT2D eigenvalue weighted by Gasteiger charge is -2.23. The van der Waals surface area contributed by atoms with Crippen LogP contribution in [0.3, 0.4) is 0 Å². The van der Waals surface area contributed by atoms with Crippen molar-refractivity contribution in [2.24, 2.45) is 0 Å². The summed E-state index contributed by atoms with van der Waals surface area (Å²) < 4.78 is 0. The smallest absolute Gasteiger partial charge is 0.277 e. The predicted molar refractivity (Wildman–Crippen MR) is 106 cm³/mol. The van der Waals surface area contributed by atoms with Gasteiger partial charge in [-0.25, -0.2) is 9.97 Å². The fourth-order valence-electron chi connectivity index (χ4n) is 4.14. The Bertz CT molecular complexity index is 1030. The molecule has 134 valence electrons. The van der Waals surface area contributed by atoms with Crippen molar-refractivity contribution in [3.05, 3.63) is 77.6 Å². The molecule has 2 aromatic carbocycles. The number of carbonyl (C=O) groups excluding carboxylic acids is 1. The van der Waals surface area contributed by atoms with Crippen LogP contribution in [-0.4, -0.2) is 28.5 Å². The summed E-state index contributed by atoms with van der Waals surface area (Å²) in [4.78, 5) is 26.3. The minimum atomic E-state index is -0.0661. The number of benzene rings is 2. The Morgan fingerprint density at radius 2 is 1.74 bits per heavy atom. The van der Waals surface area contributed by atoms with Gasteiger partial charge < -0.3 is 9.80 Å². The molecule has 5 rings (SSSR count). The lowest BCUT2D eigenvalue weighted by Crippen LogP contribution is -2.36. The minimum absolute atomic E-state index is 0.0661. The third-order valence-corrected chi connectivity index (χ3v) is 5.42. The second kappa shape index (κ2) is 6.20. The number of anilines is 3. The quantitative estimate of drug-likeness (QED) is 0.701. The Hall–Kier alpha value is -3.21. The average Bonchev–Trinajstić information content (AvgIpc) is 3.28. The van der Waals surface area contributed by atoms with Gasteiger partial charge in [0.1, 0.15) is 5.69 Å². The first-order valence-electron chi connectivity index (χ1n) is 9.32. The Morgan fingerprint density at radius 1 is 1.00 bits per heavy atom. The van der Waals surface area contributed by atoms with Crippen molar-refractivity contribution in [2.75, 3.05) is 16.3 Å². The minimum Gasteiger partial charge on any atom is -0.310 e. The van der Waals surface area contributed by atoms with Crippen molar-refractivity contribution < 1.29 is 4.79 Å². The SMILES string of the molecule is CC1Cc2ccccc2N1C(=O)c1ccnc(N2CCc3ccccc32)n1. The third-order valence-electron chi connectivity index (χ3n) is 5.42. The highest BCUT2D eigenvalue weighted by Crippen LogP contribution is 2.34. The standard InChI is InChI=1S/C22H20N4O/c1-15-14-17-7-3-5-9-20(17)26(15)21(27)18-10-12-23-22(24-18)25-13-11-16-6-2-4-8-19(16)25/h2-10,12,15H,11,13-14H2,1H3. The number of fused-ring (bicyclic) bond motifs is 2. The summed E-state index contributed by atoms with van der Waals surface area (Å²) in [7, 11) is 0. The molecule has 3 aromatic rings. The molecule has 0 radical (unpaired) electrons. The van der Waals surface area contributed by atoms with Crippen LogP contribution < -0.4 is 9.80 Å². The molecule has 27 heavy (non-hydrogen) atoms. The van der Waals surface area contributed by atoms with E-state index in [9.17, 15) is 4.79 Å². The zero-order valence-electron chi connectivity index (χ0n) is 15.2. The topological polar surface area (TPSA) is 49.3 Å². The van der Waals surface area contributed by atoms with E-state index in [1.807, 2.05) is 29.2 Å². The Balaban J connectivity index is 1.49. The Kier molecular flexibility index (Phi) is 3.67. The molecule has 1 amide bonds. The van der Waals surface area contributed by atoms with Gasteiger partial charge in [0.05, 0.1) is 0 Å². The summed E-state index contributed by atoms with van der Waals surface area (Å²) in [6, 6.07) is 18.2. The molecule has 3 heterocycles. The molecule has 5 heteroatoms. The van der Waals surface area contributed by atoms with Gasteiger partial charge in [-0.05, 0) is 49.1 Å². The number of aromatic nitrogens is 2. The summed E-state index contributed by atoms with van der Waals surface area (Å²) in [5.41, 5.74) is 5.05. The van der Waals surface area contributed by atoms with Crippen LogP contribution in [0.1, 0.15) is 28.5 Å². The zero-order valence-corrected chi connectivity index (χ0v) is 15.2. The number of para-hydroxylation sites is 2. The molecule has 0 N–H and O–H groups in total. The number of hydrogen-bond acceptors (Lipinski definition) is 4. The van der Waals surface area contributed by atoms with Gasteiger partial charge in [0, 0.05) is 30.2 Å². The molecular formula is C22H20N4O. The molecule has 2 aliphatic heterocycles. The van der Waals surface area contributed by atoms with E-state index >= 15 is 0 Å². The summed E-state index contributed by atoms with van der Waals surface area (Å²) in [5, 5.41) is 0. The van der Waals surface area contributed by atoms with E-state index in [0.29, 0.717) is 11.6 Å². The van der Waals surface area contributed by atoms with Crippen LogP contribution in [0.5, 0.6) is 0 Å². The number of nitrogens with zero attached hydrogens (tertiary/aromatic N) is 4. The van der Waals surface area contributed by atoms with Crippen LogP contribution in [0.2, 0.25) is 0 Å². The lowest BCUT2D eigenvalue weighted by atomic mass is 10.1. The van der Waals surface area contributed by atoms with Crippen LogP contribution in [0.25, 0.3) is 0 Å². The van der Waals surface area contributed by atoms with Crippen LogP contribution in [0.15, 0.2) is 60.8 Å². The molecule has 5 nitrogen and oxygen atoms in total. The first-order valence-corrected chi connectivity index (χ1v) is 9.32. The molecule has 1 unspecified atom stereocenters. The van der Waals surface area contributed by atoms with Crippen LogP contribution in [-0.2, 0) is 12.8 Å². The van der Waals surface area contributed by atoms with Gasteiger partial charge in [-0.15, -0.1) is 0 Å². The average molecular weight is 356 g/mol. The maximum Gasteiger partial charge on any atom is 0.277 e. The second-order valence-corrected chi connectivity index (χ2v) is 7.13. The van der Waals surface area contributed by atoms with E-state index in [0.717, 1.165) is 30.8 Å². The monoisotopic (exact) mass is 356 g/mol. The molecule has 0 spiro atoms.